The normalized spacial score (nSPS) is 15.7. The maximum Gasteiger partial charge on any atom is 0.126 e. The SMILES string of the molecule is CCc1nn(C)cc1CNc1ccc(N2CCC(CO)CC2)cn1. The average molecular weight is 329 g/mol. The summed E-state index contributed by atoms with van der Waals surface area (Å²) in [6.45, 7) is 5.16. The molecule has 2 aromatic rings. The Morgan fingerprint density at radius 1 is 1.29 bits per heavy atom. The lowest BCUT2D eigenvalue weighted by molar-refractivity contribution is 0.203. The first-order valence-electron chi connectivity index (χ1n) is 8.76. The Morgan fingerprint density at radius 3 is 2.71 bits per heavy atom. The van der Waals surface area contributed by atoms with Crippen molar-refractivity contribution in [3.63, 3.8) is 0 Å². The zero-order valence-electron chi connectivity index (χ0n) is 14.6. The Hall–Kier alpha value is -2.08. The highest BCUT2D eigenvalue weighted by Gasteiger charge is 2.18. The van der Waals surface area contributed by atoms with Crippen LogP contribution in [0.1, 0.15) is 31.0 Å². The molecule has 0 radical (unpaired) electrons. The van der Waals surface area contributed by atoms with Gasteiger partial charge in [-0.15, -0.1) is 0 Å². The van der Waals surface area contributed by atoms with Crippen LogP contribution in [-0.4, -0.2) is 39.6 Å². The minimum absolute atomic E-state index is 0.309. The van der Waals surface area contributed by atoms with Gasteiger partial charge >= 0.3 is 0 Å². The second-order valence-corrected chi connectivity index (χ2v) is 6.50. The monoisotopic (exact) mass is 329 g/mol. The fraction of sp³-hybridized carbons (Fsp3) is 0.556. The van der Waals surface area contributed by atoms with Crippen molar-refractivity contribution in [2.24, 2.45) is 13.0 Å². The molecule has 130 valence electrons. The van der Waals surface area contributed by atoms with E-state index in [1.807, 2.05) is 24.0 Å². The minimum atomic E-state index is 0.309. The molecule has 0 aliphatic carbocycles. The lowest BCUT2D eigenvalue weighted by Crippen LogP contribution is -2.34. The summed E-state index contributed by atoms with van der Waals surface area (Å²) in [6, 6.07) is 4.16. The highest BCUT2D eigenvalue weighted by atomic mass is 16.3. The number of hydrogen-bond donors (Lipinski definition) is 2. The number of aliphatic hydroxyl groups excluding tert-OH is 1. The van der Waals surface area contributed by atoms with Crippen LogP contribution in [0.25, 0.3) is 0 Å². The van der Waals surface area contributed by atoms with Gasteiger partial charge in [-0.2, -0.15) is 5.10 Å². The molecule has 3 rings (SSSR count). The van der Waals surface area contributed by atoms with Crippen molar-refractivity contribution in [2.45, 2.75) is 32.7 Å². The van der Waals surface area contributed by atoms with Crippen LogP contribution in [0, 0.1) is 5.92 Å². The summed E-state index contributed by atoms with van der Waals surface area (Å²) >= 11 is 0. The zero-order valence-corrected chi connectivity index (χ0v) is 14.6. The molecule has 1 fully saturated rings. The number of piperidine rings is 1. The van der Waals surface area contributed by atoms with Crippen molar-refractivity contribution >= 4 is 11.5 Å². The summed E-state index contributed by atoms with van der Waals surface area (Å²) in [7, 11) is 1.95. The molecule has 1 aliphatic heterocycles. The number of aromatic nitrogens is 3. The summed E-state index contributed by atoms with van der Waals surface area (Å²) in [5, 5.41) is 17.1. The third-order valence-electron chi connectivity index (χ3n) is 4.77. The van der Waals surface area contributed by atoms with Crippen molar-refractivity contribution < 1.29 is 5.11 Å². The molecular formula is C18H27N5O. The Kier molecular flexibility index (Phi) is 5.35. The Labute approximate surface area is 143 Å². The topological polar surface area (TPSA) is 66.2 Å². The van der Waals surface area contributed by atoms with Crippen molar-refractivity contribution in [1.29, 1.82) is 0 Å². The van der Waals surface area contributed by atoms with Crippen LogP contribution in [0.5, 0.6) is 0 Å². The van der Waals surface area contributed by atoms with Crippen LogP contribution in [0.4, 0.5) is 11.5 Å². The van der Waals surface area contributed by atoms with Crippen LogP contribution < -0.4 is 10.2 Å². The number of pyridine rings is 1. The van der Waals surface area contributed by atoms with Crippen molar-refractivity contribution in [1.82, 2.24) is 14.8 Å². The molecule has 6 heteroatoms. The van der Waals surface area contributed by atoms with Crippen LogP contribution in [0.15, 0.2) is 24.5 Å². The highest BCUT2D eigenvalue weighted by Crippen LogP contribution is 2.23. The smallest absolute Gasteiger partial charge is 0.126 e. The van der Waals surface area contributed by atoms with Gasteiger partial charge < -0.3 is 15.3 Å². The molecule has 3 heterocycles. The first-order chi connectivity index (χ1) is 11.7. The van der Waals surface area contributed by atoms with E-state index in [9.17, 15) is 5.11 Å². The number of anilines is 2. The predicted octanol–water partition coefficient (Wildman–Crippen LogP) is 2.20. The van der Waals surface area contributed by atoms with E-state index in [0.29, 0.717) is 12.5 Å². The van der Waals surface area contributed by atoms with E-state index in [-0.39, 0.29) is 0 Å². The van der Waals surface area contributed by atoms with Crippen LogP contribution in [-0.2, 0) is 20.0 Å². The Balaban J connectivity index is 1.57. The van der Waals surface area contributed by atoms with E-state index in [0.717, 1.165) is 56.1 Å². The molecule has 24 heavy (non-hydrogen) atoms. The third-order valence-corrected chi connectivity index (χ3v) is 4.77. The molecule has 0 amide bonds. The second-order valence-electron chi connectivity index (χ2n) is 6.50. The highest BCUT2D eigenvalue weighted by molar-refractivity contribution is 5.50. The first kappa shape index (κ1) is 16.8. The second kappa shape index (κ2) is 7.66. The molecule has 6 nitrogen and oxygen atoms in total. The van der Waals surface area contributed by atoms with Gasteiger partial charge in [0.2, 0.25) is 0 Å². The van der Waals surface area contributed by atoms with Crippen LogP contribution >= 0.6 is 0 Å². The lowest BCUT2D eigenvalue weighted by Gasteiger charge is -2.32. The molecule has 0 aromatic carbocycles. The first-order valence-corrected chi connectivity index (χ1v) is 8.76. The Morgan fingerprint density at radius 2 is 2.08 bits per heavy atom. The average Bonchev–Trinajstić information content (AvgIpc) is 3.00. The fourth-order valence-corrected chi connectivity index (χ4v) is 3.27. The predicted molar refractivity (Wildman–Crippen MR) is 96.2 cm³/mol. The van der Waals surface area contributed by atoms with Gasteiger partial charge in [0.05, 0.1) is 17.6 Å². The maximum atomic E-state index is 9.23. The fourth-order valence-electron chi connectivity index (χ4n) is 3.27. The minimum Gasteiger partial charge on any atom is -0.396 e. The van der Waals surface area contributed by atoms with E-state index >= 15 is 0 Å². The number of hydrogen-bond acceptors (Lipinski definition) is 5. The van der Waals surface area contributed by atoms with Crippen molar-refractivity contribution in [2.75, 3.05) is 29.9 Å². The molecule has 0 bridgehead atoms. The largest absolute Gasteiger partial charge is 0.396 e. The zero-order chi connectivity index (χ0) is 16.9. The third kappa shape index (κ3) is 3.87. The maximum absolute atomic E-state index is 9.23. The number of aryl methyl sites for hydroxylation is 2. The van der Waals surface area contributed by atoms with E-state index in [1.54, 1.807) is 0 Å². The van der Waals surface area contributed by atoms with Crippen LogP contribution in [0.3, 0.4) is 0 Å². The molecule has 1 saturated heterocycles. The molecule has 2 N–H and O–H groups in total. The summed E-state index contributed by atoms with van der Waals surface area (Å²) in [6.07, 6.45) is 7.04. The number of nitrogens with zero attached hydrogens (tertiary/aromatic N) is 4. The summed E-state index contributed by atoms with van der Waals surface area (Å²) < 4.78 is 1.86. The van der Waals surface area contributed by atoms with Gasteiger partial charge in [-0.1, -0.05) is 6.92 Å². The molecule has 0 spiro atoms. The Bertz CT molecular complexity index is 644. The lowest BCUT2D eigenvalue weighted by atomic mass is 9.98. The molecule has 1 aliphatic rings. The van der Waals surface area contributed by atoms with E-state index in [4.69, 9.17) is 0 Å². The molecular weight excluding hydrogens is 302 g/mol. The van der Waals surface area contributed by atoms with Gasteiger partial charge in [0.1, 0.15) is 5.82 Å². The summed E-state index contributed by atoms with van der Waals surface area (Å²) in [4.78, 5) is 6.89. The van der Waals surface area contributed by atoms with Crippen molar-refractivity contribution in [3.05, 3.63) is 35.8 Å². The number of aliphatic hydroxyl groups is 1. The van der Waals surface area contributed by atoms with Gasteiger partial charge in [0.15, 0.2) is 0 Å². The quantitative estimate of drug-likeness (QED) is 0.850. The van der Waals surface area contributed by atoms with Crippen LogP contribution in [0.2, 0.25) is 0 Å². The number of rotatable bonds is 6. The van der Waals surface area contributed by atoms with E-state index in [1.165, 1.54) is 5.56 Å². The van der Waals surface area contributed by atoms with Gasteiger partial charge in [-0.3, -0.25) is 4.68 Å². The molecule has 2 aromatic heterocycles. The molecule has 0 saturated carbocycles. The number of nitrogens with one attached hydrogen (secondary N) is 1. The van der Waals surface area contributed by atoms with Gasteiger partial charge in [-0.25, -0.2) is 4.98 Å². The molecule has 0 atom stereocenters. The van der Waals surface area contributed by atoms with Gasteiger partial charge in [0.25, 0.3) is 0 Å². The molecule has 0 unspecified atom stereocenters. The van der Waals surface area contributed by atoms with E-state index in [2.05, 4.69) is 39.5 Å². The summed E-state index contributed by atoms with van der Waals surface area (Å²) in [5.74, 6) is 1.34. The standard InChI is InChI=1S/C18H27N5O/c1-3-17-15(12-22(2)21-17)10-19-18-5-4-16(11-20-18)23-8-6-14(13-24)7-9-23/h4-5,11-12,14,24H,3,6-10,13H2,1-2H3,(H,19,20). The van der Waals surface area contributed by atoms with Gasteiger partial charge in [0, 0.05) is 45.0 Å². The summed E-state index contributed by atoms with van der Waals surface area (Å²) in [5.41, 5.74) is 3.51. The van der Waals surface area contributed by atoms with Gasteiger partial charge in [-0.05, 0) is 37.3 Å². The van der Waals surface area contributed by atoms with Crippen molar-refractivity contribution in [3.8, 4) is 0 Å². The van der Waals surface area contributed by atoms with E-state index < -0.39 is 0 Å².